The van der Waals surface area contributed by atoms with Crippen LogP contribution in [-0.4, -0.2) is 76.0 Å². The van der Waals surface area contributed by atoms with Gasteiger partial charge in [0.2, 0.25) is 11.1 Å². The highest BCUT2D eigenvalue weighted by Gasteiger charge is 2.53. The van der Waals surface area contributed by atoms with Crippen LogP contribution in [-0.2, 0) is 30.3 Å². The smallest absolute Gasteiger partial charge is 0.303 e. The number of carbonyl (C=O) groups is 2. The number of aromatic nitrogens is 8. The number of aryl methyl sites for hydroxylation is 1. The standard InChI is InChI=1S/C22H29ClN10O5/c1-4-33-30-19(29-31-33)16-15(36-10(2)34)17(37-11(3)35)21(38-16)32-9-25-14-18(27-22(23)28-20(14)32)26-13-7-5-12(24)6-8-13/h9,12-13,15-17,21H,4-8,24H2,1-3H3,(H,26,27,28)/t12-,13-,15-,16+,17-,21-/m1/s1. The number of esters is 2. The van der Waals surface area contributed by atoms with Crippen molar-refractivity contribution in [3.63, 3.8) is 0 Å². The van der Waals surface area contributed by atoms with Gasteiger partial charge in [-0.15, -0.1) is 10.2 Å². The zero-order chi connectivity index (χ0) is 27.0. The molecule has 2 aliphatic rings. The Bertz CT molecular complexity index is 1320. The van der Waals surface area contributed by atoms with Gasteiger partial charge in [-0.2, -0.15) is 14.8 Å². The highest BCUT2D eigenvalue weighted by atomic mass is 35.5. The fraction of sp³-hybridized carbons (Fsp3) is 0.636. The maximum atomic E-state index is 12.1. The number of hydrogen-bond acceptors (Lipinski definition) is 13. The first kappa shape index (κ1) is 26.2. The van der Waals surface area contributed by atoms with Crippen LogP contribution in [0.3, 0.4) is 0 Å². The van der Waals surface area contributed by atoms with Crippen LogP contribution in [0.4, 0.5) is 5.82 Å². The van der Waals surface area contributed by atoms with Gasteiger partial charge in [-0.05, 0) is 49.4 Å². The number of nitrogens with two attached hydrogens (primary N) is 1. The predicted molar refractivity (Wildman–Crippen MR) is 132 cm³/mol. The second-order valence-electron chi connectivity index (χ2n) is 9.35. The number of hydrogen-bond donors (Lipinski definition) is 2. The van der Waals surface area contributed by atoms with Crippen molar-refractivity contribution in [3.8, 4) is 0 Å². The Morgan fingerprint density at radius 2 is 1.87 bits per heavy atom. The summed E-state index contributed by atoms with van der Waals surface area (Å²) >= 11 is 6.31. The van der Waals surface area contributed by atoms with E-state index >= 15 is 0 Å². The summed E-state index contributed by atoms with van der Waals surface area (Å²) in [5.41, 5.74) is 6.84. The lowest BCUT2D eigenvalue weighted by Gasteiger charge is -2.27. The number of imidazole rings is 1. The van der Waals surface area contributed by atoms with E-state index in [-0.39, 0.29) is 23.2 Å². The van der Waals surface area contributed by atoms with Crippen molar-refractivity contribution >= 4 is 40.5 Å². The molecule has 16 heteroatoms. The van der Waals surface area contributed by atoms with Crippen LogP contribution in [0.5, 0.6) is 0 Å². The van der Waals surface area contributed by atoms with Crippen LogP contribution in [0.25, 0.3) is 11.2 Å². The second kappa shape index (κ2) is 10.7. The van der Waals surface area contributed by atoms with Gasteiger partial charge < -0.3 is 25.3 Å². The third kappa shape index (κ3) is 5.26. The van der Waals surface area contributed by atoms with E-state index in [2.05, 4.69) is 35.7 Å². The van der Waals surface area contributed by atoms with E-state index in [0.29, 0.717) is 23.5 Å². The first-order valence-electron chi connectivity index (χ1n) is 12.4. The molecule has 1 aliphatic carbocycles. The molecule has 2 fully saturated rings. The summed E-state index contributed by atoms with van der Waals surface area (Å²) in [5.74, 6) is -0.542. The van der Waals surface area contributed by atoms with Crippen molar-refractivity contribution < 1.29 is 23.8 Å². The average molecular weight is 549 g/mol. The number of anilines is 1. The number of ether oxygens (including phenoxy) is 3. The highest BCUT2D eigenvalue weighted by Crippen LogP contribution is 2.42. The summed E-state index contributed by atoms with van der Waals surface area (Å²) in [4.78, 5) is 38.7. The Labute approximate surface area is 222 Å². The fourth-order valence-electron chi connectivity index (χ4n) is 4.85. The molecule has 1 saturated carbocycles. The number of fused-ring (bicyclic) bond motifs is 1. The van der Waals surface area contributed by atoms with Crippen molar-refractivity contribution in [2.24, 2.45) is 5.73 Å². The number of tetrazole rings is 1. The van der Waals surface area contributed by atoms with E-state index in [1.165, 1.54) is 25.0 Å². The molecule has 15 nitrogen and oxygen atoms in total. The zero-order valence-electron chi connectivity index (χ0n) is 21.2. The van der Waals surface area contributed by atoms with Crippen LogP contribution in [0, 0.1) is 0 Å². The summed E-state index contributed by atoms with van der Waals surface area (Å²) in [5, 5.41) is 15.7. The molecule has 0 spiro atoms. The minimum absolute atomic E-state index is 0.00284. The van der Waals surface area contributed by atoms with Gasteiger partial charge in [-0.25, -0.2) is 4.98 Å². The molecule has 0 bridgehead atoms. The van der Waals surface area contributed by atoms with E-state index in [1.54, 1.807) is 4.57 Å². The number of carbonyl (C=O) groups excluding carboxylic acids is 2. The maximum Gasteiger partial charge on any atom is 0.303 e. The predicted octanol–water partition coefficient (Wildman–Crippen LogP) is 1.30. The lowest BCUT2D eigenvalue weighted by atomic mass is 9.92. The first-order valence-corrected chi connectivity index (χ1v) is 12.8. The highest BCUT2D eigenvalue weighted by molar-refractivity contribution is 6.28. The lowest BCUT2D eigenvalue weighted by Crippen LogP contribution is -2.37. The Balaban J connectivity index is 1.53. The number of nitrogens with zero attached hydrogens (tertiary/aromatic N) is 8. The molecule has 38 heavy (non-hydrogen) atoms. The average Bonchev–Trinajstić information content (AvgIpc) is 3.58. The van der Waals surface area contributed by atoms with Crippen LogP contribution < -0.4 is 11.1 Å². The molecule has 5 rings (SSSR count). The van der Waals surface area contributed by atoms with Gasteiger partial charge in [0.25, 0.3) is 0 Å². The molecule has 1 saturated heterocycles. The van der Waals surface area contributed by atoms with Crippen LogP contribution in [0.2, 0.25) is 5.28 Å². The van der Waals surface area contributed by atoms with Crippen molar-refractivity contribution in [3.05, 3.63) is 17.4 Å². The Morgan fingerprint density at radius 1 is 1.16 bits per heavy atom. The molecule has 0 aromatic carbocycles. The summed E-state index contributed by atoms with van der Waals surface area (Å²) in [6.07, 6.45) is 0.971. The molecule has 3 N–H and O–H groups in total. The Morgan fingerprint density at radius 3 is 2.53 bits per heavy atom. The first-order chi connectivity index (χ1) is 18.2. The molecule has 3 aromatic heterocycles. The van der Waals surface area contributed by atoms with Crippen molar-refractivity contribution in [2.45, 2.75) is 89.6 Å². The third-order valence-corrected chi connectivity index (χ3v) is 6.75. The maximum absolute atomic E-state index is 12.1. The SMILES string of the molecule is CCn1nnc([C@H]2O[C@@H](n3cnc4c(N[C@H]5CC[C@H](N)CC5)nc(Cl)nc43)[C@H](OC(C)=O)[C@@H]2OC(C)=O)n1. The summed E-state index contributed by atoms with van der Waals surface area (Å²) < 4.78 is 19.0. The third-order valence-electron chi connectivity index (χ3n) is 6.58. The quantitative estimate of drug-likeness (QED) is 0.318. The molecule has 4 atom stereocenters. The molecule has 3 aromatic rings. The summed E-state index contributed by atoms with van der Waals surface area (Å²) in [7, 11) is 0. The number of nitrogens with one attached hydrogen (secondary N) is 1. The molecule has 0 radical (unpaired) electrons. The van der Waals surface area contributed by atoms with Gasteiger partial charge in [0.05, 0.1) is 12.9 Å². The number of rotatable bonds is 7. The number of halogens is 1. The molecular weight excluding hydrogens is 520 g/mol. The molecule has 204 valence electrons. The van der Waals surface area contributed by atoms with Gasteiger partial charge in [0.15, 0.2) is 41.5 Å². The van der Waals surface area contributed by atoms with E-state index in [4.69, 9.17) is 31.5 Å². The normalized spacial score (nSPS) is 27.4. The molecule has 0 amide bonds. The van der Waals surface area contributed by atoms with Gasteiger partial charge >= 0.3 is 11.9 Å². The lowest BCUT2D eigenvalue weighted by molar-refractivity contribution is -0.165. The van der Waals surface area contributed by atoms with Crippen molar-refractivity contribution in [2.75, 3.05) is 5.32 Å². The minimum Gasteiger partial charge on any atom is -0.455 e. The molecule has 0 unspecified atom stereocenters. The van der Waals surface area contributed by atoms with Crippen molar-refractivity contribution in [1.29, 1.82) is 0 Å². The summed E-state index contributed by atoms with van der Waals surface area (Å²) in [6, 6.07) is 0.362. The molecular formula is C22H29ClN10O5. The van der Waals surface area contributed by atoms with Crippen LogP contribution in [0.1, 0.15) is 64.6 Å². The van der Waals surface area contributed by atoms with Gasteiger partial charge in [0, 0.05) is 25.9 Å². The van der Waals surface area contributed by atoms with E-state index < -0.39 is 36.5 Å². The second-order valence-corrected chi connectivity index (χ2v) is 9.69. The van der Waals surface area contributed by atoms with E-state index in [1.807, 2.05) is 6.92 Å². The monoisotopic (exact) mass is 548 g/mol. The van der Waals surface area contributed by atoms with Gasteiger partial charge in [0.1, 0.15) is 0 Å². The fourth-order valence-corrected chi connectivity index (χ4v) is 5.01. The topological polar surface area (TPSA) is 187 Å². The Kier molecular flexibility index (Phi) is 7.40. The van der Waals surface area contributed by atoms with Crippen molar-refractivity contribution in [1.82, 2.24) is 39.7 Å². The van der Waals surface area contributed by atoms with E-state index in [0.717, 1.165) is 25.7 Å². The van der Waals surface area contributed by atoms with Crippen LogP contribution >= 0.6 is 11.6 Å². The van der Waals surface area contributed by atoms with Gasteiger partial charge in [-0.3, -0.25) is 14.2 Å². The summed E-state index contributed by atoms with van der Waals surface area (Å²) in [6.45, 7) is 4.83. The zero-order valence-corrected chi connectivity index (χ0v) is 21.9. The minimum atomic E-state index is -1.07. The van der Waals surface area contributed by atoms with Gasteiger partial charge in [-0.1, -0.05) is 0 Å². The molecule has 1 aliphatic heterocycles. The van der Waals surface area contributed by atoms with Crippen LogP contribution in [0.15, 0.2) is 6.33 Å². The largest absolute Gasteiger partial charge is 0.455 e. The Hall–Kier alpha value is -3.43. The molecule has 4 heterocycles. The van der Waals surface area contributed by atoms with E-state index in [9.17, 15) is 9.59 Å².